The number of methoxy groups -OCH3 is 2. The van der Waals surface area contributed by atoms with E-state index in [9.17, 15) is 14.4 Å². The Bertz CT molecular complexity index is 1110. The van der Waals surface area contributed by atoms with Crippen LogP contribution in [0.25, 0.3) is 0 Å². The third kappa shape index (κ3) is 3.47. The van der Waals surface area contributed by atoms with E-state index >= 15 is 0 Å². The topological polar surface area (TPSA) is 84.9 Å². The molecule has 2 aromatic carbocycles. The van der Waals surface area contributed by atoms with Gasteiger partial charge in [-0.25, -0.2) is 0 Å². The van der Waals surface area contributed by atoms with Crippen molar-refractivity contribution in [2.45, 2.75) is 16.1 Å². The Kier molecular flexibility index (Phi) is 5.73. The van der Waals surface area contributed by atoms with E-state index < -0.39 is 0 Å². The van der Waals surface area contributed by atoms with Crippen LogP contribution in [-0.2, 0) is 9.59 Å². The van der Waals surface area contributed by atoms with Crippen LogP contribution in [0.5, 0.6) is 11.5 Å². The third-order valence-electron chi connectivity index (χ3n) is 7.03. The number of nitrogens with zero attached hydrogens (tertiary/aromatic N) is 1. The number of carbonyl (C=O) groups excluding carboxylic acids is 3. The minimum Gasteiger partial charge on any atom is -0.497 e. The molecule has 1 N–H and O–H groups in total. The number of ether oxygens (including phenoxy) is 2. The molecule has 0 aromatic heterocycles. The van der Waals surface area contributed by atoms with Gasteiger partial charge in [-0.3, -0.25) is 19.3 Å². The van der Waals surface area contributed by atoms with Crippen molar-refractivity contribution in [3.8, 4) is 11.5 Å². The minimum absolute atomic E-state index is 0.137. The Morgan fingerprint density at radius 1 is 0.939 bits per heavy atom. The molecule has 2 aromatic rings. The predicted molar refractivity (Wildman–Crippen MR) is 130 cm³/mol. The predicted octanol–water partition coefficient (Wildman–Crippen LogP) is 4.24. The molecule has 3 aliphatic rings. The Balaban J connectivity index is 1.34. The maximum atomic E-state index is 13.2. The Hall–Kier alpha value is -2.39. The summed E-state index contributed by atoms with van der Waals surface area (Å²) in [5, 5.41) is 2.82. The summed E-state index contributed by atoms with van der Waals surface area (Å²) in [5.41, 5.74) is 1.40. The van der Waals surface area contributed by atoms with E-state index in [1.807, 2.05) is 0 Å². The lowest BCUT2D eigenvalue weighted by Crippen LogP contribution is -2.37. The highest BCUT2D eigenvalue weighted by Gasteiger charge is 2.66. The van der Waals surface area contributed by atoms with E-state index in [0.717, 1.165) is 6.42 Å². The molecule has 3 amide bonds. The minimum atomic E-state index is -0.330. The van der Waals surface area contributed by atoms with Crippen LogP contribution >= 0.6 is 31.9 Å². The Morgan fingerprint density at radius 3 is 2.09 bits per heavy atom. The van der Waals surface area contributed by atoms with E-state index in [-0.39, 0.29) is 51.0 Å². The smallest absolute Gasteiger partial charge is 0.255 e. The van der Waals surface area contributed by atoms with Crippen LogP contribution in [0.15, 0.2) is 42.5 Å². The van der Waals surface area contributed by atoms with Gasteiger partial charge in [0.2, 0.25) is 11.8 Å². The first kappa shape index (κ1) is 22.4. The number of imide groups is 1. The van der Waals surface area contributed by atoms with Gasteiger partial charge in [0.25, 0.3) is 5.91 Å². The summed E-state index contributed by atoms with van der Waals surface area (Å²) in [6.45, 7) is 0. The Morgan fingerprint density at radius 2 is 1.55 bits per heavy atom. The molecule has 1 saturated heterocycles. The van der Waals surface area contributed by atoms with Crippen molar-refractivity contribution < 1.29 is 23.9 Å². The van der Waals surface area contributed by atoms with E-state index in [1.54, 1.807) is 49.6 Å². The SMILES string of the molecule is COc1ccc(NC(=O)c2ccc(N3C(=O)[C@@H]4[C@H]5C[C@@H]([C@H](Br)[C@H]5Br)[C@H]4C3=O)cc2)c(OC)c1. The fourth-order valence-electron chi connectivity index (χ4n) is 5.46. The van der Waals surface area contributed by atoms with Crippen molar-refractivity contribution in [1.29, 1.82) is 0 Å². The van der Waals surface area contributed by atoms with Crippen LogP contribution in [0, 0.1) is 23.7 Å². The van der Waals surface area contributed by atoms with Crippen molar-refractivity contribution in [2.75, 3.05) is 24.4 Å². The maximum Gasteiger partial charge on any atom is 0.255 e. The summed E-state index contributed by atoms with van der Waals surface area (Å²) >= 11 is 7.40. The zero-order valence-electron chi connectivity index (χ0n) is 18.0. The highest BCUT2D eigenvalue weighted by molar-refractivity contribution is 9.12. The second-order valence-corrected chi connectivity index (χ2v) is 10.7. The molecule has 172 valence electrons. The first-order valence-corrected chi connectivity index (χ1v) is 12.5. The van der Waals surface area contributed by atoms with E-state index in [0.29, 0.717) is 28.4 Å². The first-order valence-electron chi connectivity index (χ1n) is 10.6. The van der Waals surface area contributed by atoms with Gasteiger partial charge in [0.15, 0.2) is 0 Å². The molecule has 5 rings (SSSR count). The van der Waals surface area contributed by atoms with Crippen LogP contribution < -0.4 is 19.7 Å². The lowest BCUT2D eigenvalue weighted by molar-refractivity contribution is -0.123. The van der Waals surface area contributed by atoms with Gasteiger partial charge in [-0.15, -0.1) is 0 Å². The zero-order valence-corrected chi connectivity index (χ0v) is 21.1. The van der Waals surface area contributed by atoms with Crippen molar-refractivity contribution in [3.63, 3.8) is 0 Å². The van der Waals surface area contributed by atoms with Crippen molar-refractivity contribution in [2.24, 2.45) is 23.7 Å². The van der Waals surface area contributed by atoms with Crippen LogP contribution in [0.2, 0.25) is 0 Å². The van der Waals surface area contributed by atoms with Gasteiger partial charge in [-0.05, 0) is 54.7 Å². The molecule has 33 heavy (non-hydrogen) atoms. The van der Waals surface area contributed by atoms with E-state index in [2.05, 4.69) is 37.2 Å². The molecule has 1 heterocycles. The van der Waals surface area contributed by atoms with Crippen LogP contribution in [0.1, 0.15) is 16.8 Å². The number of fused-ring (bicyclic) bond motifs is 5. The molecule has 0 radical (unpaired) electrons. The van der Waals surface area contributed by atoms with Crippen LogP contribution in [-0.4, -0.2) is 41.6 Å². The number of halogens is 2. The number of amides is 3. The number of nitrogens with one attached hydrogen (secondary N) is 1. The number of rotatable bonds is 5. The van der Waals surface area contributed by atoms with Crippen molar-refractivity contribution in [3.05, 3.63) is 48.0 Å². The van der Waals surface area contributed by atoms with Crippen molar-refractivity contribution in [1.82, 2.24) is 0 Å². The summed E-state index contributed by atoms with van der Waals surface area (Å²) in [6, 6.07) is 11.6. The average molecular weight is 578 g/mol. The molecular weight excluding hydrogens is 556 g/mol. The average Bonchev–Trinajstić information content (AvgIpc) is 3.44. The molecule has 9 heteroatoms. The molecule has 6 atom stereocenters. The summed E-state index contributed by atoms with van der Waals surface area (Å²) in [6.07, 6.45) is 0.889. The number of hydrogen-bond acceptors (Lipinski definition) is 5. The lowest BCUT2D eigenvalue weighted by atomic mass is 9.81. The molecule has 2 saturated carbocycles. The van der Waals surface area contributed by atoms with Gasteiger partial charge in [0.05, 0.1) is 37.4 Å². The summed E-state index contributed by atoms with van der Waals surface area (Å²) in [4.78, 5) is 40.8. The number of anilines is 2. The first-order chi connectivity index (χ1) is 15.8. The standard InChI is InChI=1S/C24H22Br2N2O5/c1-32-13-7-8-16(17(9-13)33-2)27-22(29)11-3-5-12(6-4-11)28-23(30)18-14-10-15(19(18)24(28)31)21(26)20(14)25/h3-9,14-15,18-21H,10H2,1-2H3,(H,27,29)/t14-,15-,18-,19-,20+,21+/m1/s1. The second-order valence-electron chi connectivity index (χ2n) is 8.58. The fourth-order valence-corrected chi connectivity index (χ4v) is 7.33. The second kappa shape index (κ2) is 8.43. The quantitative estimate of drug-likeness (QED) is 0.424. The summed E-state index contributed by atoms with van der Waals surface area (Å²) in [7, 11) is 3.07. The molecule has 0 unspecified atom stereocenters. The lowest BCUT2D eigenvalue weighted by Gasteiger charge is -2.28. The molecular formula is C24H22Br2N2O5. The van der Waals surface area contributed by atoms with Gasteiger partial charge in [-0.1, -0.05) is 31.9 Å². The van der Waals surface area contributed by atoms with Gasteiger partial charge in [-0.2, -0.15) is 0 Å². The van der Waals surface area contributed by atoms with Crippen LogP contribution in [0.4, 0.5) is 11.4 Å². The van der Waals surface area contributed by atoms with Gasteiger partial charge < -0.3 is 14.8 Å². The van der Waals surface area contributed by atoms with E-state index in [1.165, 1.54) is 12.0 Å². The molecule has 7 nitrogen and oxygen atoms in total. The van der Waals surface area contributed by atoms with Gasteiger partial charge in [0.1, 0.15) is 11.5 Å². The van der Waals surface area contributed by atoms with E-state index in [4.69, 9.17) is 9.47 Å². The Labute approximate surface area is 208 Å². The maximum absolute atomic E-state index is 13.2. The third-order valence-corrected chi connectivity index (χ3v) is 10.2. The monoisotopic (exact) mass is 576 g/mol. The molecule has 3 fully saturated rings. The van der Waals surface area contributed by atoms with Crippen molar-refractivity contribution >= 4 is 61.0 Å². The van der Waals surface area contributed by atoms with Gasteiger partial charge in [0, 0.05) is 21.3 Å². The molecule has 1 aliphatic heterocycles. The molecule has 2 bridgehead atoms. The number of carbonyl (C=O) groups is 3. The van der Waals surface area contributed by atoms with Crippen LogP contribution in [0.3, 0.4) is 0 Å². The summed E-state index contributed by atoms with van der Waals surface area (Å²) < 4.78 is 10.5. The number of benzene rings is 2. The number of hydrogen-bond donors (Lipinski definition) is 1. The largest absolute Gasteiger partial charge is 0.497 e. The fraction of sp³-hybridized carbons (Fsp3) is 0.375. The normalized spacial score (nSPS) is 29.9. The molecule has 2 aliphatic carbocycles. The highest BCUT2D eigenvalue weighted by atomic mass is 79.9. The summed E-state index contributed by atoms with van der Waals surface area (Å²) in [5.74, 6) is 0.267. The number of alkyl halides is 2. The highest BCUT2D eigenvalue weighted by Crippen LogP contribution is 2.60. The molecule has 0 spiro atoms. The zero-order chi connectivity index (χ0) is 23.4. The van der Waals surface area contributed by atoms with Gasteiger partial charge >= 0.3 is 0 Å².